The van der Waals surface area contributed by atoms with E-state index in [1.807, 2.05) is 13.1 Å². The smallest absolute Gasteiger partial charge is 0.243 e. The zero-order valence-corrected chi connectivity index (χ0v) is 13.3. The quantitative estimate of drug-likeness (QED) is 0.931. The second-order valence-corrected chi connectivity index (χ2v) is 6.90. The average molecular weight is 328 g/mol. The van der Waals surface area contributed by atoms with Crippen molar-refractivity contribution in [2.24, 2.45) is 0 Å². The van der Waals surface area contributed by atoms with E-state index in [1.54, 1.807) is 34.9 Å². The van der Waals surface area contributed by atoms with Gasteiger partial charge in [0.15, 0.2) is 0 Å². The van der Waals surface area contributed by atoms with Crippen molar-refractivity contribution >= 4 is 33.2 Å². The number of nitrogens with zero attached hydrogens (tertiary/aromatic N) is 2. The summed E-state index contributed by atoms with van der Waals surface area (Å²) in [6.45, 7) is 1.09. The van der Waals surface area contributed by atoms with E-state index >= 15 is 0 Å². The molecule has 0 bridgehead atoms. The molecule has 1 atom stereocenters. The highest BCUT2D eigenvalue weighted by atomic mass is 35.5. The van der Waals surface area contributed by atoms with Gasteiger partial charge in [0.25, 0.3) is 0 Å². The maximum absolute atomic E-state index is 12.8. The third-order valence-corrected chi connectivity index (χ3v) is 5.74. The number of nitrogens with one attached hydrogen (secondary N) is 1. The number of benzene rings is 1. The van der Waals surface area contributed by atoms with E-state index < -0.39 is 10.0 Å². The van der Waals surface area contributed by atoms with Crippen LogP contribution in [0.3, 0.4) is 0 Å². The molecule has 2 heterocycles. The number of aromatic nitrogens is 1. The summed E-state index contributed by atoms with van der Waals surface area (Å²) in [7, 11) is -1.58. The Morgan fingerprint density at radius 3 is 2.86 bits per heavy atom. The van der Waals surface area contributed by atoms with Crippen LogP contribution in [0.4, 0.5) is 0 Å². The first-order chi connectivity index (χ1) is 9.63. The van der Waals surface area contributed by atoms with Crippen molar-refractivity contribution in [2.75, 3.05) is 20.1 Å². The minimum absolute atomic E-state index is 0. The summed E-state index contributed by atoms with van der Waals surface area (Å²) >= 11 is 0. The molecule has 0 amide bonds. The molecule has 1 unspecified atom stereocenters. The highest BCUT2D eigenvalue weighted by Crippen LogP contribution is 2.27. The van der Waals surface area contributed by atoms with Gasteiger partial charge >= 0.3 is 0 Å². The monoisotopic (exact) mass is 327 g/mol. The number of hydrogen-bond acceptors (Lipinski definition) is 4. The van der Waals surface area contributed by atoms with Crippen LogP contribution in [0.15, 0.2) is 41.6 Å². The number of hydrogen-bond donors (Lipinski definition) is 1. The molecule has 1 aromatic carbocycles. The van der Waals surface area contributed by atoms with Crippen LogP contribution in [0, 0.1) is 0 Å². The summed E-state index contributed by atoms with van der Waals surface area (Å²) in [4.78, 5) is 4.41. The largest absolute Gasteiger partial charge is 0.316 e. The van der Waals surface area contributed by atoms with Crippen LogP contribution in [0.1, 0.15) is 6.42 Å². The van der Waals surface area contributed by atoms with Gasteiger partial charge in [-0.15, -0.1) is 12.4 Å². The lowest BCUT2D eigenvalue weighted by molar-refractivity contribution is 0.465. The summed E-state index contributed by atoms with van der Waals surface area (Å²) in [5, 5.41) is 4.72. The van der Waals surface area contributed by atoms with Crippen molar-refractivity contribution in [3.8, 4) is 0 Å². The Labute approximate surface area is 130 Å². The minimum Gasteiger partial charge on any atom is -0.316 e. The molecule has 1 N–H and O–H groups in total. The van der Waals surface area contributed by atoms with Gasteiger partial charge in [0.05, 0.1) is 4.90 Å². The fourth-order valence-corrected chi connectivity index (χ4v) is 4.35. The van der Waals surface area contributed by atoms with Gasteiger partial charge in [-0.3, -0.25) is 4.98 Å². The van der Waals surface area contributed by atoms with Crippen molar-refractivity contribution in [3.05, 3.63) is 36.7 Å². The maximum Gasteiger partial charge on any atom is 0.243 e. The van der Waals surface area contributed by atoms with Crippen LogP contribution >= 0.6 is 12.4 Å². The van der Waals surface area contributed by atoms with Crippen molar-refractivity contribution < 1.29 is 8.42 Å². The van der Waals surface area contributed by atoms with Crippen LogP contribution in [-0.2, 0) is 10.0 Å². The summed E-state index contributed by atoms with van der Waals surface area (Å²) in [5.41, 5.74) is 0. The molecule has 7 heteroatoms. The zero-order chi connectivity index (χ0) is 14.2. The first-order valence-corrected chi connectivity index (χ1v) is 8.07. The molecule has 1 saturated heterocycles. The van der Waals surface area contributed by atoms with Crippen LogP contribution in [0.25, 0.3) is 10.8 Å². The molecule has 0 spiro atoms. The maximum atomic E-state index is 12.8. The predicted octanol–water partition coefficient (Wildman–Crippen LogP) is 1.64. The van der Waals surface area contributed by atoms with E-state index in [0.29, 0.717) is 18.0 Å². The molecule has 1 aromatic heterocycles. The number of rotatable bonds is 3. The summed E-state index contributed by atoms with van der Waals surface area (Å²) in [6, 6.07) is 7.31. The van der Waals surface area contributed by atoms with Gasteiger partial charge in [-0.1, -0.05) is 12.1 Å². The van der Waals surface area contributed by atoms with Gasteiger partial charge in [-0.05, 0) is 25.6 Å². The Balaban J connectivity index is 0.00000161. The molecule has 1 aliphatic rings. The van der Waals surface area contributed by atoms with Crippen LogP contribution in [0.2, 0.25) is 0 Å². The lowest BCUT2D eigenvalue weighted by Crippen LogP contribution is -2.33. The Bertz CT molecular complexity index is 731. The molecule has 21 heavy (non-hydrogen) atoms. The molecule has 5 nitrogen and oxygen atoms in total. The molecule has 2 aromatic rings. The highest BCUT2D eigenvalue weighted by Gasteiger charge is 2.32. The fraction of sp³-hybridized carbons (Fsp3) is 0.357. The van der Waals surface area contributed by atoms with Crippen molar-refractivity contribution in [1.82, 2.24) is 14.6 Å². The van der Waals surface area contributed by atoms with Gasteiger partial charge < -0.3 is 5.32 Å². The van der Waals surface area contributed by atoms with E-state index in [0.717, 1.165) is 17.2 Å². The normalized spacial score (nSPS) is 19.6. The molecule has 1 aliphatic heterocycles. The lowest BCUT2D eigenvalue weighted by atomic mass is 10.2. The summed E-state index contributed by atoms with van der Waals surface area (Å²) < 4.78 is 27.1. The van der Waals surface area contributed by atoms with Gasteiger partial charge in [0, 0.05) is 42.3 Å². The Kier molecular flexibility index (Phi) is 4.83. The van der Waals surface area contributed by atoms with Crippen LogP contribution in [-0.4, -0.2) is 43.9 Å². The average Bonchev–Trinajstić information content (AvgIpc) is 2.96. The SMILES string of the molecule is CNC1CCN(S(=O)(=O)c2cccc3cnccc23)C1.Cl. The summed E-state index contributed by atoms with van der Waals surface area (Å²) in [5.74, 6) is 0. The molecular formula is C14H18ClN3O2S. The summed E-state index contributed by atoms with van der Waals surface area (Å²) in [6.07, 6.45) is 4.17. The number of fused-ring (bicyclic) bond motifs is 1. The Morgan fingerprint density at radius 1 is 1.33 bits per heavy atom. The third-order valence-electron chi connectivity index (χ3n) is 3.82. The van der Waals surface area contributed by atoms with Gasteiger partial charge in [0.2, 0.25) is 10.0 Å². The molecule has 1 fully saturated rings. The minimum atomic E-state index is -3.44. The van der Waals surface area contributed by atoms with E-state index in [4.69, 9.17) is 0 Å². The van der Waals surface area contributed by atoms with E-state index in [1.165, 1.54) is 0 Å². The fourth-order valence-electron chi connectivity index (χ4n) is 2.64. The molecule has 114 valence electrons. The van der Waals surface area contributed by atoms with E-state index in [-0.39, 0.29) is 18.4 Å². The number of sulfonamides is 1. The molecule has 3 rings (SSSR count). The van der Waals surface area contributed by atoms with E-state index in [2.05, 4.69) is 10.3 Å². The standard InChI is InChI=1S/C14H17N3O2S.ClH/c1-15-12-6-8-17(10-12)20(18,19)14-4-2-3-11-9-16-7-5-13(11)14;/h2-5,7,9,12,15H,6,8,10H2,1H3;1H. The Hall–Kier alpha value is -1.21. The number of likely N-dealkylation sites (N-methyl/N-ethyl adjacent to an activating group) is 1. The first kappa shape index (κ1) is 16.2. The van der Waals surface area contributed by atoms with E-state index in [9.17, 15) is 8.42 Å². The van der Waals surface area contributed by atoms with Crippen molar-refractivity contribution in [3.63, 3.8) is 0 Å². The van der Waals surface area contributed by atoms with Crippen LogP contribution < -0.4 is 5.32 Å². The predicted molar refractivity (Wildman–Crippen MR) is 85.2 cm³/mol. The van der Waals surface area contributed by atoms with Crippen LogP contribution in [0.5, 0.6) is 0 Å². The van der Waals surface area contributed by atoms with Gasteiger partial charge in [0.1, 0.15) is 0 Å². The number of halogens is 1. The molecule has 0 radical (unpaired) electrons. The first-order valence-electron chi connectivity index (χ1n) is 6.63. The third kappa shape index (κ3) is 2.89. The van der Waals surface area contributed by atoms with Gasteiger partial charge in [-0.25, -0.2) is 8.42 Å². The highest BCUT2D eigenvalue weighted by molar-refractivity contribution is 7.89. The Morgan fingerprint density at radius 2 is 2.14 bits per heavy atom. The zero-order valence-electron chi connectivity index (χ0n) is 11.7. The molecular weight excluding hydrogens is 310 g/mol. The lowest BCUT2D eigenvalue weighted by Gasteiger charge is -2.17. The van der Waals surface area contributed by atoms with Crippen molar-refractivity contribution in [1.29, 1.82) is 0 Å². The molecule has 0 aliphatic carbocycles. The molecule has 0 saturated carbocycles. The van der Waals surface area contributed by atoms with Gasteiger partial charge in [-0.2, -0.15) is 4.31 Å². The van der Waals surface area contributed by atoms with Crippen molar-refractivity contribution in [2.45, 2.75) is 17.4 Å². The topological polar surface area (TPSA) is 62.3 Å². The number of pyridine rings is 1. The second-order valence-electron chi connectivity index (χ2n) is 4.99. The second kappa shape index (κ2) is 6.27.